The fourth-order valence-corrected chi connectivity index (χ4v) is 5.65. The van der Waals surface area contributed by atoms with Crippen LogP contribution in [0.25, 0.3) is 0 Å². The van der Waals surface area contributed by atoms with Gasteiger partial charge in [0.2, 0.25) is 11.8 Å². The lowest BCUT2D eigenvalue weighted by atomic mass is 9.71. The first kappa shape index (κ1) is 25.9. The van der Waals surface area contributed by atoms with Crippen molar-refractivity contribution in [2.24, 2.45) is 0 Å². The number of piperidine rings is 2. The Bertz CT molecular complexity index is 1250. The van der Waals surface area contributed by atoms with E-state index >= 15 is 0 Å². The van der Waals surface area contributed by atoms with E-state index in [1.807, 2.05) is 47.1 Å². The highest BCUT2D eigenvalue weighted by atomic mass is 19.1. The van der Waals surface area contributed by atoms with Crippen LogP contribution in [0.5, 0.6) is 0 Å². The van der Waals surface area contributed by atoms with Crippen LogP contribution in [0.2, 0.25) is 0 Å². The smallest absolute Gasteiger partial charge is 0.319 e. The van der Waals surface area contributed by atoms with Crippen LogP contribution in [0.15, 0.2) is 59.1 Å². The lowest BCUT2D eigenvalue weighted by Crippen LogP contribution is -2.55. The molecule has 3 aromatic rings. The van der Waals surface area contributed by atoms with Gasteiger partial charge in [-0.05, 0) is 62.8 Å². The third kappa shape index (κ3) is 5.28. The molecule has 2 aromatic carbocycles. The van der Waals surface area contributed by atoms with Crippen molar-refractivity contribution >= 4 is 11.9 Å². The molecule has 9 heteroatoms. The summed E-state index contributed by atoms with van der Waals surface area (Å²) < 4.78 is 18.7. The summed E-state index contributed by atoms with van der Waals surface area (Å²) in [5.41, 5.74) is 1.05. The summed E-state index contributed by atoms with van der Waals surface area (Å²) in [7, 11) is 0. The van der Waals surface area contributed by atoms with Crippen LogP contribution in [0, 0.1) is 12.7 Å². The van der Waals surface area contributed by atoms with Gasteiger partial charge in [-0.2, -0.15) is 4.98 Å². The van der Waals surface area contributed by atoms with Gasteiger partial charge in [0.05, 0.1) is 11.5 Å². The third-order valence-electron chi connectivity index (χ3n) is 8.02. The van der Waals surface area contributed by atoms with E-state index in [-0.39, 0.29) is 29.7 Å². The molecule has 1 atom stereocenters. The van der Waals surface area contributed by atoms with Gasteiger partial charge < -0.3 is 19.6 Å². The lowest BCUT2D eigenvalue weighted by molar-refractivity contribution is -0.129. The molecule has 0 bridgehead atoms. The Morgan fingerprint density at radius 2 is 1.63 bits per heavy atom. The maximum atomic E-state index is 13.8. The molecule has 8 nitrogen and oxygen atoms in total. The molecule has 2 fully saturated rings. The van der Waals surface area contributed by atoms with E-state index in [0.717, 1.165) is 24.0 Å². The Morgan fingerprint density at radius 3 is 2.24 bits per heavy atom. The standard InChI is InChI=1S/C29H34FN5O3/c1-20(22-8-10-25(30)11-9-22)31-27(36)29(24-6-4-3-5-7-24)14-18-35(19-15-29)28(37)34-16-12-23(13-17-34)26-32-21(2)33-38-26/h3-11,20,23H,12-19H2,1-2H3,(H,31,36)/t20-/m0/s1. The first-order chi connectivity index (χ1) is 18.4. The summed E-state index contributed by atoms with van der Waals surface area (Å²) in [5.74, 6) is 1.09. The molecule has 0 saturated carbocycles. The van der Waals surface area contributed by atoms with E-state index in [1.54, 1.807) is 19.1 Å². The molecule has 0 unspecified atom stereocenters. The second-order valence-corrected chi connectivity index (χ2v) is 10.4. The molecule has 3 heterocycles. The number of hydrogen-bond acceptors (Lipinski definition) is 5. The quantitative estimate of drug-likeness (QED) is 0.526. The highest BCUT2D eigenvalue weighted by Gasteiger charge is 2.44. The number of nitrogens with one attached hydrogen (secondary N) is 1. The maximum Gasteiger partial charge on any atom is 0.319 e. The van der Waals surface area contributed by atoms with Crippen molar-refractivity contribution < 1.29 is 18.5 Å². The third-order valence-corrected chi connectivity index (χ3v) is 8.02. The SMILES string of the molecule is Cc1noc(C2CCN(C(=O)N3CCC(C(=O)N[C@@H](C)c4ccc(F)cc4)(c4ccccc4)CC3)CC2)n1. The van der Waals surface area contributed by atoms with Gasteiger partial charge in [0.1, 0.15) is 5.82 Å². The van der Waals surface area contributed by atoms with E-state index in [0.29, 0.717) is 50.7 Å². The van der Waals surface area contributed by atoms with Gasteiger partial charge >= 0.3 is 6.03 Å². The monoisotopic (exact) mass is 519 g/mol. The second kappa shape index (κ2) is 10.9. The number of carbonyl (C=O) groups excluding carboxylic acids is 2. The maximum absolute atomic E-state index is 13.8. The van der Waals surface area contributed by atoms with Crippen LogP contribution >= 0.6 is 0 Å². The summed E-state index contributed by atoms with van der Waals surface area (Å²) >= 11 is 0. The van der Waals surface area contributed by atoms with E-state index in [4.69, 9.17) is 4.52 Å². The van der Waals surface area contributed by atoms with Crippen molar-refractivity contribution in [1.82, 2.24) is 25.3 Å². The minimum atomic E-state index is -0.741. The van der Waals surface area contributed by atoms with E-state index in [9.17, 15) is 14.0 Å². The minimum absolute atomic E-state index is 0.0203. The van der Waals surface area contributed by atoms with Gasteiger partial charge in [0, 0.05) is 32.1 Å². The number of carbonyl (C=O) groups is 2. The molecule has 1 aromatic heterocycles. The van der Waals surface area contributed by atoms with Gasteiger partial charge in [0.25, 0.3) is 0 Å². The van der Waals surface area contributed by atoms with Crippen LogP contribution in [-0.4, -0.2) is 58.1 Å². The van der Waals surface area contributed by atoms with Crippen molar-refractivity contribution in [2.75, 3.05) is 26.2 Å². The predicted octanol–water partition coefficient (Wildman–Crippen LogP) is 4.73. The molecule has 0 spiro atoms. The van der Waals surface area contributed by atoms with Gasteiger partial charge in [-0.15, -0.1) is 0 Å². The molecule has 38 heavy (non-hydrogen) atoms. The molecule has 0 aliphatic carbocycles. The van der Waals surface area contributed by atoms with Crippen LogP contribution < -0.4 is 5.32 Å². The van der Waals surface area contributed by atoms with Gasteiger partial charge in [-0.25, -0.2) is 9.18 Å². The Hall–Kier alpha value is -3.75. The fourth-order valence-electron chi connectivity index (χ4n) is 5.65. The Kier molecular flexibility index (Phi) is 7.44. The highest BCUT2D eigenvalue weighted by Crippen LogP contribution is 2.37. The van der Waals surface area contributed by atoms with Crippen LogP contribution in [0.1, 0.15) is 67.4 Å². The molecule has 2 saturated heterocycles. The summed E-state index contributed by atoms with van der Waals surface area (Å²) in [5, 5.41) is 7.05. The average Bonchev–Trinajstić information content (AvgIpc) is 3.39. The zero-order valence-electron chi connectivity index (χ0n) is 21.9. The topological polar surface area (TPSA) is 91.6 Å². The van der Waals surface area contributed by atoms with Gasteiger partial charge in [-0.1, -0.05) is 47.6 Å². The number of halogens is 1. The Balaban J connectivity index is 1.24. The van der Waals surface area contributed by atoms with E-state index < -0.39 is 5.41 Å². The number of nitrogens with zero attached hydrogens (tertiary/aromatic N) is 4. The zero-order chi connectivity index (χ0) is 26.7. The number of urea groups is 1. The van der Waals surface area contributed by atoms with Crippen molar-refractivity contribution in [3.63, 3.8) is 0 Å². The number of aryl methyl sites for hydroxylation is 1. The van der Waals surface area contributed by atoms with Crippen LogP contribution in [-0.2, 0) is 10.2 Å². The van der Waals surface area contributed by atoms with Crippen molar-refractivity contribution in [3.05, 3.63) is 83.3 Å². The number of likely N-dealkylation sites (tertiary alicyclic amines) is 2. The first-order valence-electron chi connectivity index (χ1n) is 13.3. The zero-order valence-corrected chi connectivity index (χ0v) is 21.9. The molecule has 3 amide bonds. The molecule has 1 N–H and O–H groups in total. The number of amides is 3. The van der Waals surface area contributed by atoms with E-state index in [2.05, 4.69) is 15.5 Å². The largest absolute Gasteiger partial charge is 0.349 e. The Labute approximate surface area is 222 Å². The molecular formula is C29H34FN5O3. The van der Waals surface area contributed by atoms with Crippen molar-refractivity contribution in [3.8, 4) is 0 Å². The van der Waals surface area contributed by atoms with Crippen molar-refractivity contribution in [2.45, 2.75) is 56.9 Å². The predicted molar refractivity (Wildman–Crippen MR) is 140 cm³/mol. The summed E-state index contributed by atoms with van der Waals surface area (Å²) in [6.45, 7) is 5.98. The summed E-state index contributed by atoms with van der Waals surface area (Å²) in [6, 6.07) is 15.8. The number of hydrogen-bond donors (Lipinski definition) is 1. The van der Waals surface area contributed by atoms with Crippen LogP contribution in [0.4, 0.5) is 9.18 Å². The number of benzene rings is 2. The summed E-state index contributed by atoms with van der Waals surface area (Å²) in [4.78, 5) is 35.3. The molecular weight excluding hydrogens is 485 g/mol. The minimum Gasteiger partial charge on any atom is -0.349 e. The first-order valence-corrected chi connectivity index (χ1v) is 13.3. The molecule has 2 aliphatic heterocycles. The van der Waals surface area contributed by atoms with Crippen LogP contribution in [0.3, 0.4) is 0 Å². The average molecular weight is 520 g/mol. The van der Waals surface area contributed by atoms with Gasteiger partial charge in [-0.3, -0.25) is 4.79 Å². The lowest BCUT2D eigenvalue weighted by Gasteiger charge is -2.43. The normalized spacial score (nSPS) is 18.7. The van der Waals surface area contributed by atoms with Crippen molar-refractivity contribution in [1.29, 1.82) is 0 Å². The molecule has 5 rings (SSSR count). The number of rotatable bonds is 5. The Morgan fingerprint density at radius 1 is 1.00 bits per heavy atom. The highest BCUT2D eigenvalue weighted by molar-refractivity contribution is 5.89. The molecule has 0 radical (unpaired) electrons. The number of aromatic nitrogens is 2. The van der Waals surface area contributed by atoms with Gasteiger partial charge in [0.15, 0.2) is 5.82 Å². The fraction of sp³-hybridized carbons (Fsp3) is 0.448. The molecule has 200 valence electrons. The van der Waals surface area contributed by atoms with E-state index in [1.165, 1.54) is 12.1 Å². The molecule has 2 aliphatic rings. The second-order valence-electron chi connectivity index (χ2n) is 10.4. The summed E-state index contributed by atoms with van der Waals surface area (Å²) in [6.07, 6.45) is 2.64.